The summed E-state index contributed by atoms with van der Waals surface area (Å²) >= 11 is 0. The molecular formula is C20H32N4O. The van der Waals surface area contributed by atoms with Gasteiger partial charge in [0.25, 0.3) is 0 Å². The molecule has 5 heteroatoms. The van der Waals surface area contributed by atoms with Crippen LogP contribution in [0.3, 0.4) is 0 Å². The molecule has 138 valence electrons. The number of benzene rings is 1. The van der Waals surface area contributed by atoms with E-state index in [0.717, 1.165) is 25.9 Å². The van der Waals surface area contributed by atoms with E-state index in [4.69, 9.17) is 5.73 Å². The number of aliphatic imine (C=N–C) groups is 1. The number of hydrogen-bond acceptors (Lipinski definition) is 3. The molecule has 0 radical (unpaired) electrons. The fourth-order valence-electron chi connectivity index (χ4n) is 3.86. The summed E-state index contributed by atoms with van der Waals surface area (Å²) in [5.74, 6) is 1.05. The van der Waals surface area contributed by atoms with Crippen LogP contribution in [0.1, 0.15) is 50.5 Å². The molecule has 2 aliphatic rings. The predicted octanol–water partition coefficient (Wildman–Crippen LogP) is 2.63. The Kier molecular flexibility index (Phi) is 6.56. The van der Waals surface area contributed by atoms with Crippen molar-refractivity contribution in [2.24, 2.45) is 16.6 Å². The first-order valence-corrected chi connectivity index (χ1v) is 9.76. The van der Waals surface area contributed by atoms with E-state index in [1.807, 2.05) is 0 Å². The summed E-state index contributed by atoms with van der Waals surface area (Å²) in [7, 11) is 0. The number of aliphatic hydroxyl groups excluding tert-OH is 1. The van der Waals surface area contributed by atoms with Crippen LogP contribution < -0.4 is 16.0 Å². The van der Waals surface area contributed by atoms with Crippen LogP contribution in [0.4, 0.5) is 5.69 Å². The smallest absolute Gasteiger partial charge is 0.189 e. The van der Waals surface area contributed by atoms with E-state index >= 15 is 0 Å². The van der Waals surface area contributed by atoms with Gasteiger partial charge in [-0.15, -0.1) is 0 Å². The predicted molar refractivity (Wildman–Crippen MR) is 104 cm³/mol. The number of aliphatic hydroxyl groups is 1. The third kappa shape index (κ3) is 5.36. The number of rotatable bonds is 5. The van der Waals surface area contributed by atoms with Crippen molar-refractivity contribution in [3.63, 3.8) is 0 Å². The van der Waals surface area contributed by atoms with E-state index in [1.54, 1.807) is 0 Å². The molecule has 1 aliphatic heterocycles. The average Bonchev–Trinajstić information content (AvgIpc) is 2.68. The van der Waals surface area contributed by atoms with Crippen LogP contribution in [-0.2, 0) is 6.54 Å². The summed E-state index contributed by atoms with van der Waals surface area (Å²) in [4.78, 5) is 6.89. The Morgan fingerprint density at radius 3 is 2.40 bits per heavy atom. The van der Waals surface area contributed by atoms with Crippen molar-refractivity contribution in [3.8, 4) is 0 Å². The zero-order chi connectivity index (χ0) is 17.5. The number of nitrogens with two attached hydrogens (primary N) is 1. The van der Waals surface area contributed by atoms with E-state index in [2.05, 4.69) is 39.5 Å². The lowest BCUT2D eigenvalue weighted by Crippen LogP contribution is -2.41. The minimum absolute atomic E-state index is 0.321. The van der Waals surface area contributed by atoms with Crippen molar-refractivity contribution in [3.05, 3.63) is 29.8 Å². The van der Waals surface area contributed by atoms with Crippen LogP contribution in [0, 0.1) is 5.92 Å². The summed E-state index contributed by atoms with van der Waals surface area (Å²) in [6.45, 7) is 3.00. The number of hydrogen-bond donors (Lipinski definition) is 3. The fraction of sp³-hybridized carbons (Fsp3) is 0.650. The Labute approximate surface area is 151 Å². The maximum absolute atomic E-state index is 9.25. The van der Waals surface area contributed by atoms with Gasteiger partial charge in [0.05, 0.1) is 6.54 Å². The molecular weight excluding hydrogens is 312 g/mol. The Balaban J connectivity index is 1.48. The number of nitrogens with one attached hydrogen (secondary N) is 1. The molecule has 0 aromatic heterocycles. The second-order valence-electron chi connectivity index (χ2n) is 7.46. The SMILES string of the molecule is NC(=NCc1ccc(N2CCC(CO)CC2)cc1)NC1CCCCC1. The number of nitrogens with zero attached hydrogens (tertiary/aromatic N) is 2. The minimum Gasteiger partial charge on any atom is -0.396 e. The van der Waals surface area contributed by atoms with Crippen molar-refractivity contribution < 1.29 is 5.11 Å². The van der Waals surface area contributed by atoms with Gasteiger partial charge in [-0.1, -0.05) is 31.4 Å². The molecule has 0 atom stereocenters. The van der Waals surface area contributed by atoms with Gasteiger partial charge in [-0.3, -0.25) is 0 Å². The van der Waals surface area contributed by atoms with Crippen molar-refractivity contribution in [1.82, 2.24) is 5.32 Å². The Morgan fingerprint density at radius 1 is 1.08 bits per heavy atom. The molecule has 1 heterocycles. The van der Waals surface area contributed by atoms with Gasteiger partial charge in [-0.25, -0.2) is 4.99 Å². The molecule has 2 fully saturated rings. The zero-order valence-electron chi connectivity index (χ0n) is 15.2. The molecule has 1 aromatic carbocycles. The maximum Gasteiger partial charge on any atom is 0.189 e. The van der Waals surface area contributed by atoms with Crippen molar-refractivity contribution in [2.75, 3.05) is 24.6 Å². The minimum atomic E-state index is 0.321. The molecule has 0 spiro atoms. The van der Waals surface area contributed by atoms with Crippen molar-refractivity contribution in [2.45, 2.75) is 57.5 Å². The highest BCUT2D eigenvalue weighted by Crippen LogP contribution is 2.23. The summed E-state index contributed by atoms with van der Waals surface area (Å²) < 4.78 is 0. The normalized spacial score (nSPS) is 20.7. The van der Waals surface area contributed by atoms with Gasteiger partial charge >= 0.3 is 0 Å². The molecule has 1 saturated heterocycles. The molecule has 3 rings (SSSR count). The molecule has 0 unspecified atom stereocenters. The van der Waals surface area contributed by atoms with E-state index in [-0.39, 0.29) is 0 Å². The monoisotopic (exact) mass is 344 g/mol. The number of piperidine rings is 1. The van der Waals surface area contributed by atoms with E-state index in [9.17, 15) is 5.11 Å². The first-order chi connectivity index (χ1) is 12.2. The van der Waals surface area contributed by atoms with Crippen LogP contribution in [0.25, 0.3) is 0 Å². The van der Waals surface area contributed by atoms with Gasteiger partial charge < -0.3 is 21.1 Å². The van der Waals surface area contributed by atoms with E-state index < -0.39 is 0 Å². The highest BCUT2D eigenvalue weighted by atomic mass is 16.3. The third-order valence-corrected chi connectivity index (χ3v) is 5.56. The standard InChI is InChI=1S/C20H32N4O/c21-20(23-18-4-2-1-3-5-18)22-14-16-6-8-19(9-7-16)24-12-10-17(15-25)11-13-24/h6-9,17-18,25H,1-5,10-15H2,(H3,21,22,23). The lowest BCUT2D eigenvalue weighted by Gasteiger charge is -2.32. The lowest BCUT2D eigenvalue weighted by atomic mass is 9.96. The summed E-state index contributed by atoms with van der Waals surface area (Å²) in [6, 6.07) is 9.14. The Hall–Kier alpha value is -1.75. The first kappa shape index (κ1) is 18.1. The Bertz CT molecular complexity index is 543. The fourth-order valence-corrected chi connectivity index (χ4v) is 3.86. The quantitative estimate of drug-likeness (QED) is 0.567. The van der Waals surface area contributed by atoms with Gasteiger partial charge in [0.2, 0.25) is 0 Å². The summed E-state index contributed by atoms with van der Waals surface area (Å²) in [6.07, 6.45) is 8.50. The van der Waals surface area contributed by atoms with Crippen LogP contribution >= 0.6 is 0 Å². The second kappa shape index (κ2) is 9.09. The highest BCUT2D eigenvalue weighted by Gasteiger charge is 2.18. The Morgan fingerprint density at radius 2 is 1.76 bits per heavy atom. The second-order valence-corrected chi connectivity index (χ2v) is 7.46. The molecule has 0 bridgehead atoms. The topological polar surface area (TPSA) is 73.9 Å². The van der Waals surface area contributed by atoms with Crippen LogP contribution in [0.2, 0.25) is 0 Å². The number of guanidine groups is 1. The van der Waals surface area contributed by atoms with Crippen molar-refractivity contribution >= 4 is 11.6 Å². The van der Waals surface area contributed by atoms with Gasteiger partial charge in [-0.05, 0) is 49.3 Å². The van der Waals surface area contributed by atoms with Gasteiger partial charge in [-0.2, -0.15) is 0 Å². The third-order valence-electron chi connectivity index (χ3n) is 5.56. The summed E-state index contributed by atoms with van der Waals surface area (Å²) in [5.41, 5.74) is 8.48. The van der Waals surface area contributed by atoms with Crippen molar-refractivity contribution in [1.29, 1.82) is 0 Å². The molecule has 1 saturated carbocycles. The maximum atomic E-state index is 9.25. The molecule has 0 amide bonds. The van der Waals surface area contributed by atoms with E-state index in [0.29, 0.717) is 31.1 Å². The van der Waals surface area contributed by atoms with Crippen LogP contribution in [-0.4, -0.2) is 36.8 Å². The molecule has 1 aliphatic carbocycles. The largest absolute Gasteiger partial charge is 0.396 e. The molecule has 1 aromatic rings. The highest BCUT2D eigenvalue weighted by molar-refractivity contribution is 5.78. The first-order valence-electron chi connectivity index (χ1n) is 9.76. The zero-order valence-corrected chi connectivity index (χ0v) is 15.2. The average molecular weight is 345 g/mol. The lowest BCUT2D eigenvalue weighted by molar-refractivity contribution is 0.203. The molecule has 5 nitrogen and oxygen atoms in total. The van der Waals surface area contributed by atoms with Gasteiger partial charge in [0, 0.05) is 31.4 Å². The van der Waals surface area contributed by atoms with Gasteiger partial charge in [0.1, 0.15) is 0 Å². The molecule has 25 heavy (non-hydrogen) atoms. The number of anilines is 1. The molecule has 4 N–H and O–H groups in total. The van der Waals surface area contributed by atoms with Crippen LogP contribution in [0.15, 0.2) is 29.3 Å². The van der Waals surface area contributed by atoms with E-state index in [1.165, 1.54) is 43.4 Å². The van der Waals surface area contributed by atoms with Crippen LogP contribution in [0.5, 0.6) is 0 Å². The van der Waals surface area contributed by atoms with Gasteiger partial charge in [0.15, 0.2) is 5.96 Å². The summed E-state index contributed by atoms with van der Waals surface area (Å²) in [5, 5.41) is 12.6.